The minimum Gasteiger partial charge on any atom is -0.310 e. The quantitative estimate of drug-likeness (QED) is 0.910. The van der Waals surface area contributed by atoms with Crippen LogP contribution >= 0.6 is 0 Å². The highest BCUT2D eigenvalue weighted by atomic mass is 32.2. The summed E-state index contributed by atoms with van der Waals surface area (Å²) in [5.41, 5.74) is 3.89. The predicted octanol–water partition coefficient (Wildman–Crippen LogP) is 2.44. The lowest BCUT2D eigenvalue weighted by atomic mass is 10.0. The Morgan fingerprint density at radius 2 is 1.59 bits per heavy atom. The monoisotopic (exact) mass is 322 g/mol. The highest BCUT2D eigenvalue weighted by molar-refractivity contribution is 7.89. The van der Waals surface area contributed by atoms with Gasteiger partial charge in [0.1, 0.15) is 0 Å². The molecule has 0 aromatic heterocycles. The van der Waals surface area contributed by atoms with Gasteiger partial charge in [0, 0.05) is 25.2 Å². The van der Waals surface area contributed by atoms with Gasteiger partial charge in [-0.2, -0.15) is 4.31 Å². The molecule has 4 nitrogen and oxygen atoms in total. The molecule has 2 heterocycles. The lowest BCUT2D eigenvalue weighted by molar-refractivity contribution is 0.383. The molecule has 0 saturated carbocycles. The van der Waals surface area contributed by atoms with Crippen LogP contribution in [0.4, 0.5) is 0 Å². The zero-order chi connectivity index (χ0) is 16.1. The first kappa shape index (κ1) is 16.0. The molecule has 2 aliphatic heterocycles. The smallest absolute Gasteiger partial charge is 0.243 e. The minimum absolute atomic E-state index is 0.314. The largest absolute Gasteiger partial charge is 0.310 e. The van der Waals surface area contributed by atoms with Crippen LogP contribution in [0.3, 0.4) is 0 Å². The topological polar surface area (TPSA) is 49.4 Å². The molecule has 1 aromatic carbocycles. The van der Waals surface area contributed by atoms with Gasteiger partial charge in [0.25, 0.3) is 0 Å². The number of nitrogens with one attached hydrogen (secondary N) is 1. The first-order valence-electron chi connectivity index (χ1n) is 8.14. The standard InChI is InChI=1S/C17H26N2O2S/c1-11-9-12(2)14(4)17(13(11)3)22(20,21)19-8-7-15-5-6-16(10-19)18-15/h9,15-16,18H,5-8,10H2,1-4H3. The van der Waals surface area contributed by atoms with Gasteiger partial charge in [0.15, 0.2) is 0 Å². The van der Waals surface area contributed by atoms with Crippen LogP contribution in [0.2, 0.25) is 0 Å². The summed E-state index contributed by atoms with van der Waals surface area (Å²) in [5, 5.41) is 3.55. The van der Waals surface area contributed by atoms with Crippen LogP contribution in [-0.2, 0) is 10.0 Å². The van der Waals surface area contributed by atoms with E-state index in [4.69, 9.17) is 0 Å². The van der Waals surface area contributed by atoms with Gasteiger partial charge >= 0.3 is 0 Å². The van der Waals surface area contributed by atoms with Crippen LogP contribution in [0.25, 0.3) is 0 Å². The van der Waals surface area contributed by atoms with Crippen molar-refractivity contribution in [1.82, 2.24) is 9.62 Å². The minimum atomic E-state index is -3.42. The molecule has 0 aliphatic carbocycles. The van der Waals surface area contributed by atoms with E-state index in [1.807, 2.05) is 27.7 Å². The number of sulfonamides is 1. The maximum Gasteiger partial charge on any atom is 0.243 e. The number of hydrogen-bond acceptors (Lipinski definition) is 3. The predicted molar refractivity (Wildman–Crippen MR) is 88.7 cm³/mol. The fourth-order valence-electron chi connectivity index (χ4n) is 3.83. The summed E-state index contributed by atoms with van der Waals surface area (Å²) in [4.78, 5) is 0.530. The zero-order valence-electron chi connectivity index (χ0n) is 13.9. The third kappa shape index (κ3) is 2.59. The third-order valence-corrected chi connectivity index (χ3v) is 7.52. The van der Waals surface area contributed by atoms with Crippen molar-refractivity contribution in [3.05, 3.63) is 28.3 Å². The Labute approximate surface area is 134 Å². The zero-order valence-corrected chi connectivity index (χ0v) is 14.8. The Kier molecular flexibility index (Phi) is 4.08. The van der Waals surface area contributed by atoms with Gasteiger partial charge in [-0.05, 0) is 69.2 Å². The summed E-state index contributed by atoms with van der Waals surface area (Å²) in [6.45, 7) is 9.07. The number of fused-ring (bicyclic) bond motifs is 2. The van der Waals surface area contributed by atoms with Gasteiger partial charge in [-0.3, -0.25) is 0 Å². The van der Waals surface area contributed by atoms with E-state index < -0.39 is 10.0 Å². The van der Waals surface area contributed by atoms with Crippen LogP contribution in [0, 0.1) is 27.7 Å². The number of hydrogen-bond donors (Lipinski definition) is 1. The molecule has 5 heteroatoms. The molecule has 1 N–H and O–H groups in total. The maximum atomic E-state index is 13.3. The molecule has 3 rings (SSSR count). The van der Waals surface area contributed by atoms with E-state index in [0.717, 1.165) is 35.1 Å². The Hall–Kier alpha value is -0.910. The van der Waals surface area contributed by atoms with Gasteiger partial charge < -0.3 is 5.32 Å². The van der Waals surface area contributed by atoms with E-state index >= 15 is 0 Å². The molecule has 2 aliphatic rings. The van der Waals surface area contributed by atoms with Crippen molar-refractivity contribution in [1.29, 1.82) is 0 Å². The highest BCUT2D eigenvalue weighted by Gasteiger charge is 2.36. The second kappa shape index (κ2) is 5.62. The van der Waals surface area contributed by atoms with E-state index in [2.05, 4.69) is 11.4 Å². The first-order chi connectivity index (χ1) is 10.3. The summed E-state index contributed by atoms with van der Waals surface area (Å²) in [7, 11) is -3.42. The van der Waals surface area contributed by atoms with Gasteiger partial charge in [-0.1, -0.05) is 6.07 Å². The molecule has 1 aromatic rings. The number of benzene rings is 1. The highest BCUT2D eigenvalue weighted by Crippen LogP contribution is 2.31. The molecule has 22 heavy (non-hydrogen) atoms. The van der Waals surface area contributed by atoms with E-state index in [-0.39, 0.29) is 0 Å². The van der Waals surface area contributed by atoms with Gasteiger partial charge in [0.2, 0.25) is 10.0 Å². The summed E-state index contributed by atoms with van der Waals surface area (Å²) >= 11 is 0. The fraction of sp³-hybridized carbons (Fsp3) is 0.647. The Morgan fingerprint density at radius 3 is 2.23 bits per heavy atom. The van der Waals surface area contributed by atoms with Gasteiger partial charge in [-0.15, -0.1) is 0 Å². The second-order valence-corrected chi connectivity index (χ2v) is 8.75. The molecule has 2 saturated heterocycles. The van der Waals surface area contributed by atoms with Crippen molar-refractivity contribution in [3.8, 4) is 0 Å². The Balaban J connectivity index is 2.03. The van der Waals surface area contributed by atoms with Crippen LogP contribution < -0.4 is 5.32 Å². The van der Waals surface area contributed by atoms with Crippen molar-refractivity contribution in [2.75, 3.05) is 13.1 Å². The number of aryl methyl sites for hydroxylation is 2. The number of nitrogens with zero attached hydrogens (tertiary/aromatic N) is 1. The van der Waals surface area contributed by atoms with Crippen molar-refractivity contribution in [3.63, 3.8) is 0 Å². The van der Waals surface area contributed by atoms with Crippen LogP contribution in [0.5, 0.6) is 0 Å². The summed E-state index contributed by atoms with van der Waals surface area (Å²) in [5.74, 6) is 0. The molecule has 0 radical (unpaired) electrons. The first-order valence-corrected chi connectivity index (χ1v) is 9.58. The fourth-order valence-corrected chi connectivity index (χ4v) is 5.90. The average molecular weight is 322 g/mol. The van der Waals surface area contributed by atoms with E-state index in [0.29, 0.717) is 30.1 Å². The van der Waals surface area contributed by atoms with Crippen LogP contribution in [-0.4, -0.2) is 37.9 Å². The molecule has 2 fully saturated rings. The lowest BCUT2D eigenvalue weighted by Gasteiger charge is -2.26. The maximum absolute atomic E-state index is 13.3. The SMILES string of the molecule is Cc1cc(C)c(C)c(S(=O)(=O)N2CCC3CCC(C2)N3)c1C. The summed E-state index contributed by atoms with van der Waals surface area (Å²) in [6, 6.07) is 2.88. The average Bonchev–Trinajstić information content (AvgIpc) is 2.75. The van der Waals surface area contributed by atoms with Crippen LogP contribution in [0.1, 0.15) is 41.5 Å². The van der Waals surface area contributed by atoms with Crippen LogP contribution in [0.15, 0.2) is 11.0 Å². The summed E-state index contributed by atoms with van der Waals surface area (Å²) < 4.78 is 28.2. The summed E-state index contributed by atoms with van der Waals surface area (Å²) in [6.07, 6.45) is 3.18. The molecule has 0 spiro atoms. The molecular weight excluding hydrogens is 296 g/mol. The van der Waals surface area contributed by atoms with Crippen molar-refractivity contribution >= 4 is 10.0 Å². The molecule has 0 amide bonds. The normalized spacial score (nSPS) is 26.2. The number of rotatable bonds is 2. The van der Waals surface area contributed by atoms with E-state index in [9.17, 15) is 8.42 Å². The van der Waals surface area contributed by atoms with Crippen molar-refractivity contribution < 1.29 is 8.42 Å². The third-order valence-electron chi connectivity index (χ3n) is 5.38. The van der Waals surface area contributed by atoms with Crippen molar-refractivity contribution in [2.45, 2.75) is 63.9 Å². The molecule has 2 atom stereocenters. The molecule has 2 bridgehead atoms. The molecule has 122 valence electrons. The molecular formula is C17H26N2O2S. The Morgan fingerprint density at radius 1 is 1.00 bits per heavy atom. The van der Waals surface area contributed by atoms with E-state index in [1.54, 1.807) is 4.31 Å². The van der Waals surface area contributed by atoms with Crippen molar-refractivity contribution in [2.24, 2.45) is 0 Å². The Bertz CT molecular complexity index is 671. The lowest BCUT2D eigenvalue weighted by Crippen LogP contribution is -2.39. The molecule has 2 unspecified atom stereocenters. The van der Waals surface area contributed by atoms with E-state index in [1.165, 1.54) is 6.42 Å². The van der Waals surface area contributed by atoms with Gasteiger partial charge in [-0.25, -0.2) is 8.42 Å². The van der Waals surface area contributed by atoms with Gasteiger partial charge in [0.05, 0.1) is 4.90 Å². The second-order valence-electron chi connectivity index (χ2n) is 6.88.